The van der Waals surface area contributed by atoms with Crippen LogP contribution in [-0.2, 0) is 0 Å². The third kappa shape index (κ3) is 3.19. The molecule has 0 saturated carbocycles. The summed E-state index contributed by atoms with van der Waals surface area (Å²) in [5, 5.41) is 3.47. The summed E-state index contributed by atoms with van der Waals surface area (Å²) in [6.07, 6.45) is 3.09. The Morgan fingerprint density at radius 2 is 2.00 bits per heavy atom. The summed E-state index contributed by atoms with van der Waals surface area (Å²) in [7, 11) is 0. The highest BCUT2D eigenvalue weighted by Gasteiger charge is 2.20. The zero-order chi connectivity index (χ0) is 13.0. The first-order valence-corrected chi connectivity index (χ1v) is 6.64. The van der Waals surface area contributed by atoms with Crippen LogP contribution in [0.5, 0.6) is 0 Å². The summed E-state index contributed by atoms with van der Waals surface area (Å²) in [5.41, 5.74) is 0.393. The summed E-state index contributed by atoms with van der Waals surface area (Å²) in [6, 6.07) is 4.16. The van der Waals surface area contributed by atoms with Crippen LogP contribution in [0.15, 0.2) is 18.2 Å². The summed E-state index contributed by atoms with van der Waals surface area (Å²) in [5.74, 6) is -0.714. The number of halogens is 2. The molecule has 0 atom stereocenters. The van der Waals surface area contributed by atoms with E-state index >= 15 is 0 Å². The van der Waals surface area contributed by atoms with Crippen molar-refractivity contribution in [2.75, 3.05) is 24.5 Å². The van der Waals surface area contributed by atoms with Crippen molar-refractivity contribution in [3.05, 3.63) is 29.8 Å². The van der Waals surface area contributed by atoms with Crippen molar-refractivity contribution in [1.82, 2.24) is 5.32 Å². The van der Waals surface area contributed by atoms with Crippen LogP contribution >= 0.6 is 0 Å². The summed E-state index contributed by atoms with van der Waals surface area (Å²) in [6.45, 7) is 4.73. The first kappa shape index (κ1) is 13.3. The van der Waals surface area contributed by atoms with Crippen LogP contribution in [0.3, 0.4) is 0 Å². The summed E-state index contributed by atoms with van der Waals surface area (Å²) >= 11 is 0. The SMILES string of the molecule is CCCNC1CCN(c2cc(F)ccc2F)CC1. The van der Waals surface area contributed by atoms with Gasteiger partial charge in [0.25, 0.3) is 0 Å². The molecule has 2 rings (SSSR count). The van der Waals surface area contributed by atoms with Gasteiger partial charge in [-0.1, -0.05) is 6.92 Å². The molecule has 100 valence electrons. The van der Waals surface area contributed by atoms with E-state index in [1.165, 1.54) is 12.1 Å². The van der Waals surface area contributed by atoms with E-state index in [-0.39, 0.29) is 11.6 Å². The Bertz CT molecular complexity index is 387. The van der Waals surface area contributed by atoms with E-state index in [9.17, 15) is 8.78 Å². The number of hydrogen-bond acceptors (Lipinski definition) is 2. The highest BCUT2D eigenvalue weighted by atomic mass is 19.1. The number of hydrogen-bond donors (Lipinski definition) is 1. The number of anilines is 1. The molecule has 0 bridgehead atoms. The molecule has 2 nitrogen and oxygen atoms in total. The molecule has 0 spiro atoms. The van der Waals surface area contributed by atoms with Crippen LogP contribution in [0.1, 0.15) is 26.2 Å². The second-order valence-electron chi connectivity index (χ2n) is 4.81. The van der Waals surface area contributed by atoms with E-state index in [4.69, 9.17) is 0 Å². The van der Waals surface area contributed by atoms with Crippen molar-refractivity contribution in [2.24, 2.45) is 0 Å². The lowest BCUT2D eigenvalue weighted by atomic mass is 10.0. The summed E-state index contributed by atoms with van der Waals surface area (Å²) < 4.78 is 26.8. The number of nitrogens with one attached hydrogen (secondary N) is 1. The number of piperidine rings is 1. The van der Waals surface area contributed by atoms with Gasteiger partial charge in [-0.15, -0.1) is 0 Å². The van der Waals surface area contributed by atoms with Gasteiger partial charge in [-0.25, -0.2) is 8.78 Å². The topological polar surface area (TPSA) is 15.3 Å². The maximum atomic E-state index is 13.6. The van der Waals surface area contributed by atoms with Crippen LogP contribution in [-0.4, -0.2) is 25.7 Å². The Balaban J connectivity index is 1.94. The fourth-order valence-corrected chi connectivity index (χ4v) is 2.40. The van der Waals surface area contributed by atoms with Gasteiger partial charge >= 0.3 is 0 Å². The van der Waals surface area contributed by atoms with Crippen LogP contribution < -0.4 is 10.2 Å². The molecule has 1 aliphatic heterocycles. The van der Waals surface area contributed by atoms with Crippen molar-refractivity contribution >= 4 is 5.69 Å². The molecular weight excluding hydrogens is 234 g/mol. The second-order valence-corrected chi connectivity index (χ2v) is 4.81. The van der Waals surface area contributed by atoms with E-state index in [2.05, 4.69) is 12.2 Å². The molecule has 0 unspecified atom stereocenters. The maximum absolute atomic E-state index is 13.6. The lowest BCUT2D eigenvalue weighted by molar-refractivity contribution is 0.413. The maximum Gasteiger partial charge on any atom is 0.146 e. The predicted octanol–water partition coefficient (Wildman–Crippen LogP) is 2.93. The minimum atomic E-state index is -0.377. The fraction of sp³-hybridized carbons (Fsp3) is 0.571. The Kier molecular flexibility index (Phi) is 4.53. The molecule has 1 aliphatic rings. The van der Waals surface area contributed by atoms with Gasteiger partial charge < -0.3 is 10.2 Å². The van der Waals surface area contributed by atoms with Crippen molar-refractivity contribution in [1.29, 1.82) is 0 Å². The zero-order valence-corrected chi connectivity index (χ0v) is 10.8. The molecule has 0 aliphatic carbocycles. The van der Waals surface area contributed by atoms with Gasteiger partial charge in [0.1, 0.15) is 11.6 Å². The first-order chi connectivity index (χ1) is 8.70. The molecule has 18 heavy (non-hydrogen) atoms. The van der Waals surface area contributed by atoms with E-state index in [0.717, 1.165) is 45.0 Å². The Labute approximate surface area is 107 Å². The molecule has 1 aromatic rings. The van der Waals surface area contributed by atoms with Crippen molar-refractivity contribution < 1.29 is 8.78 Å². The van der Waals surface area contributed by atoms with Gasteiger partial charge in [-0.05, 0) is 37.9 Å². The molecule has 1 N–H and O–H groups in total. The van der Waals surface area contributed by atoms with Crippen molar-refractivity contribution in [3.63, 3.8) is 0 Å². The van der Waals surface area contributed by atoms with Gasteiger partial charge in [0.15, 0.2) is 0 Å². The molecule has 1 aromatic carbocycles. The molecule has 4 heteroatoms. The second kappa shape index (κ2) is 6.14. The number of benzene rings is 1. The van der Waals surface area contributed by atoms with Crippen LogP contribution in [0.4, 0.5) is 14.5 Å². The predicted molar refractivity (Wildman–Crippen MR) is 69.9 cm³/mol. The minimum absolute atomic E-state index is 0.337. The zero-order valence-electron chi connectivity index (χ0n) is 10.8. The third-order valence-electron chi connectivity index (χ3n) is 3.43. The van der Waals surface area contributed by atoms with E-state index < -0.39 is 0 Å². The van der Waals surface area contributed by atoms with Crippen LogP contribution in [0.25, 0.3) is 0 Å². The third-order valence-corrected chi connectivity index (χ3v) is 3.43. The minimum Gasteiger partial charge on any atom is -0.369 e. The van der Waals surface area contributed by atoms with Crippen molar-refractivity contribution in [3.8, 4) is 0 Å². The number of rotatable bonds is 4. The standard InChI is InChI=1S/C14H20F2N2/c1-2-7-17-12-5-8-18(9-6-12)14-10-11(15)3-4-13(14)16/h3-4,10,12,17H,2,5-9H2,1H3. The quantitative estimate of drug-likeness (QED) is 0.888. The van der Waals surface area contributed by atoms with Crippen LogP contribution in [0, 0.1) is 11.6 Å². The lowest BCUT2D eigenvalue weighted by Gasteiger charge is -2.34. The Morgan fingerprint density at radius 3 is 2.67 bits per heavy atom. The lowest BCUT2D eigenvalue weighted by Crippen LogP contribution is -2.43. The molecule has 0 aromatic heterocycles. The van der Waals surface area contributed by atoms with Gasteiger partial charge in [0, 0.05) is 25.2 Å². The molecule has 1 fully saturated rings. The molecule has 1 heterocycles. The first-order valence-electron chi connectivity index (χ1n) is 6.64. The van der Waals surface area contributed by atoms with E-state index in [1.54, 1.807) is 0 Å². The molecule has 0 amide bonds. The molecular formula is C14H20F2N2. The van der Waals surface area contributed by atoms with Crippen molar-refractivity contribution in [2.45, 2.75) is 32.2 Å². The smallest absolute Gasteiger partial charge is 0.146 e. The Hall–Kier alpha value is -1.16. The fourth-order valence-electron chi connectivity index (χ4n) is 2.40. The Morgan fingerprint density at radius 1 is 1.28 bits per heavy atom. The largest absolute Gasteiger partial charge is 0.369 e. The van der Waals surface area contributed by atoms with E-state index in [1.807, 2.05) is 4.90 Å². The normalized spacial score (nSPS) is 17.2. The monoisotopic (exact) mass is 254 g/mol. The molecule has 1 saturated heterocycles. The van der Waals surface area contributed by atoms with Gasteiger partial charge in [0.2, 0.25) is 0 Å². The molecule has 0 radical (unpaired) electrons. The van der Waals surface area contributed by atoms with Crippen LogP contribution in [0.2, 0.25) is 0 Å². The average molecular weight is 254 g/mol. The highest BCUT2D eigenvalue weighted by Crippen LogP contribution is 2.24. The summed E-state index contributed by atoms with van der Waals surface area (Å²) in [4.78, 5) is 1.93. The van der Waals surface area contributed by atoms with Gasteiger partial charge in [-0.2, -0.15) is 0 Å². The van der Waals surface area contributed by atoms with Gasteiger partial charge in [-0.3, -0.25) is 0 Å². The van der Waals surface area contributed by atoms with Gasteiger partial charge in [0.05, 0.1) is 5.69 Å². The number of nitrogens with zero attached hydrogens (tertiary/aromatic N) is 1. The average Bonchev–Trinajstić information content (AvgIpc) is 2.40. The highest BCUT2D eigenvalue weighted by molar-refractivity contribution is 5.48. The van der Waals surface area contributed by atoms with E-state index in [0.29, 0.717) is 11.7 Å².